The minimum Gasteiger partial charge on any atom is -0.478 e. The first-order chi connectivity index (χ1) is 9.61. The van der Waals surface area contributed by atoms with Gasteiger partial charge >= 0.3 is 5.97 Å². The first-order valence-corrected chi connectivity index (χ1v) is 8.12. The van der Waals surface area contributed by atoms with Gasteiger partial charge < -0.3 is 10.0 Å². The lowest BCUT2D eigenvalue weighted by atomic mass is 10.1. The Bertz CT molecular complexity index is 486. The highest BCUT2D eigenvalue weighted by Crippen LogP contribution is 2.21. The summed E-state index contributed by atoms with van der Waals surface area (Å²) < 4.78 is 0. The lowest BCUT2D eigenvalue weighted by Crippen LogP contribution is -2.37. The maximum Gasteiger partial charge on any atom is 0.335 e. The molecule has 1 N–H and O–H groups in total. The van der Waals surface area contributed by atoms with Gasteiger partial charge in [-0.15, -0.1) is 0 Å². The molecule has 1 unspecified atom stereocenters. The largest absolute Gasteiger partial charge is 0.478 e. The molecule has 108 valence electrons. The SMILES string of the molecule is CSCC1CCCN1C(=O)Cc1ccc(C(=O)O)cc1. The second-order valence-corrected chi connectivity index (χ2v) is 5.93. The Kier molecular flexibility index (Phi) is 5.06. The maximum absolute atomic E-state index is 12.3. The predicted molar refractivity (Wildman–Crippen MR) is 80.2 cm³/mol. The fourth-order valence-corrected chi connectivity index (χ4v) is 3.30. The summed E-state index contributed by atoms with van der Waals surface area (Å²) in [6, 6.07) is 6.90. The Morgan fingerprint density at radius 2 is 2.05 bits per heavy atom. The van der Waals surface area contributed by atoms with E-state index in [1.54, 1.807) is 36.0 Å². The monoisotopic (exact) mass is 293 g/mol. The Labute approximate surface area is 123 Å². The molecule has 1 atom stereocenters. The zero-order chi connectivity index (χ0) is 14.5. The van der Waals surface area contributed by atoms with E-state index >= 15 is 0 Å². The number of carbonyl (C=O) groups is 2. The number of thioether (sulfide) groups is 1. The van der Waals surface area contributed by atoms with E-state index in [2.05, 4.69) is 6.26 Å². The summed E-state index contributed by atoms with van der Waals surface area (Å²) in [5.74, 6) is 0.191. The molecular formula is C15H19NO3S. The van der Waals surface area contributed by atoms with Crippen LogP contribution in [-0.4, -0.2) is 46.5 Å². The Morgan fingerprint density at radius 1 is 1.35 bits per heavy atom. The highest BCUT2D eigenvalue weighted by molar-refractivity contribution is 7.98. The van der Waals surface area contributed by atoms with Crippen LogP contribution in [0.2, 0.25) is 0 Å². The van der Waals surface area contributed by atoms with Gasteiger partial charge in [0.15, 0.2) is 0 Å². The van der Waals surface area contributed by atoms with Crippen LogP contribution in [0, 0.1) is 0 Å². The molecule has 0 aromatic heterocycles. The van der Waals surface area contributed by atoms with Crippen LogP contribution < -0.4 is 0 Å². The van der Waals surface area contributed by atoms with Crippen LogP contribution in [0.1, 0.15) is 28.8 Å². The molecule has 1 aliphatic rings. The van der Waals surface area contributed by atoms with E-state index in [1.807, 2.05) is 4.90 Å². The fourth-order valence-electron chi connectivity index (χ4n) is 2.57. The van der Waals surface area contributed by atoms with Crippen LogP contribution in [0.5, 0.6) is 0 Å². The van der Waals surface area contributed by atoms with E-state index in [0.717, 1.165) is 30.7 Å². The lowest BCUT2D eigenvalue weighted by Gasteiger charge is -2.24. The molecule has 1 heterocycles. The number of amides is 1. The van der Waals surface area contributed by atoms with Crippen LogP contribution in [0.4, 0.5) is 0 Å². The fraction of sp³-hybridized carbons (Fsp3) is 0.467. The van der Waals surface area contributed by atoms with Gasteiger partial charge in [0, 0.05) is 18.3 Å². The molecule has 20 heavy (non-hydrogen) atoms. The van der Waals surface area contributed by atoms with E-state index in [9.17, 15) is 9.59 Å². The first-order valence-electron chi connectivity index (χ1n) is 6.72. The second kappa shape index (κ2) is 6.79. The van der Waals surface area contributed by atoms with Gasteiger partial charge in [-0.3, -0.25) is 4.79 Å². The summed E-state index contributed by atoms with van der Waals surface area (Å²) >= 11 is 1.77. The number of carbonyl (C=O) groups excluding carboxylic acids is 1. The average molecular weight is 293 g/mol. The van der Waals surface area contributed by atoms with Crippen molar-refractivity contribution in [2.45, 2.75) is 25.3 Å². The van der Waals surface area contributed by atoms with Crippen molar-refractivity contribution in [3.05, 3.63) is 35.4 Å². The normalized spacial score (nSPS) is 18.2. The van der Waals surface area contributed by atoms with Gasteiger partial charge in [0.1, 0.15) is 0 Å². The van der Waals surface area contributed by atoms with Crippen molar-refractivity contribution in [1.29, 1.82) is 0 Å². The third-order valence-electron chi connectivity index (χ3n) is 3.61. The van der Waals surface area contributed by atoms with E-state index in [1.165, 1.54) is 0 Å². The Morgan fingerprint density at radius 3 is 2.65 bits per heavy atom. The molecule has 1 saturated heterocycles. The first kappa shape index (κ1) is 14.9. The summed E-state index contributed by atoms with van der Waals surface area (Å²) in [4.78, 5) is 25.1. The highest BCUT2D eigenvalue weighted by Gasteiger charge is 2.27. The molecule has 4 nitrogen and oxygen atoms in total. The van der Waals surface area contributed by atoms with E-state index in [0.29, 0.717) is 12.5 Å². The van der Waals surface area contributed by atoms with Crippen molar-refractivity contribution in [2.75, 3.05) is 18.6 Å². The van der Waals surface area contributed by atoms with Crippen molar-refractivity contribution < 1.29 is 14.7 Å². The van der Waals surface area contributed by atoms with Gasteiger partial charge in [0.2, 0.25) is 5.91 Å². The number of hydrogen-bond acceptors (Lipinski definition) is 3. The Hall–Kier alpha value is -1.49. The molecule has 0 spiro atoms. The molecule has 1 aromatic rings. The van der Waals surface area contributed by atoms with Crippen LogP contribution in [-0.2, 0) is 11.2 Å². The third kappa shape index (κ3) is 3.54. The molecule has 1 amide bonds. The number of rotatable bonds is 5. The molecule has 0 bridgehead atoms. The minimum atomic E-state index is -0.942. The number of hydrogen-bond donors (Lipinski definition) is 1. The topological polar surface area (TPSA) is 57.6 Å². The van der Waals surface area contributed by atoms with Gasteiger partial charge in [0.25, 0.3) is 0 Å². The molecule has 1 aromatic carbocycles. The zero-order valence-electron chi connectivity index (χ0n) is 11.5. The van der Waals surface area contributed by atoms with Crippen molar-refractivity contribution >= 4 is 23.6 Å². The third-order valence-corrected chi connectivity index (χ3v) is 4.33. The van der Waals surface area contributed by atoms with E-state index < -0.39 is 5.97 Å². The lowest BCUT2D eigenvalue weighted by molar-refractivity contribution is -0.130. The molecular weight excluding hydrogens is 274 g/mol. The number of carboxylic acids is 1. The molecule has 1 aliphatic heterocycles. The second-order valence-electron chi connectivity index (χ2n) is 5.02. The standard InChI is InChI=1S/C15H19NO3S/c1-20-10-13-3-2-8-16(13)14(17)9-11-4-6-12(7-5-11)15(18)19/h4-7,13H,2-3,8-10H2,1H3,(H,18,19). The van der Waals surface area contributed by atoms with E-state index in [4.69, 9.17) is 5.11 Å². The van der Waals surface area contributed by atoms with Crippen molar-refractivity contribution in [1.82, 2.24) is 4.90 Å². The predicted octanol–water partition coefficient (Wildman–Crippen LogP) is 2.28. The quantitative estimate of drug-likeness (QED) is 0.905. The van der Waals surface area contributed by atoms with Crippen molar-refractivity contribution in [2.24, 2.45) is 0 Å². The summed E-state index contributed by atoms with van der Waals surface area (Å²) in [5, 5.41) is 8.85. The van der Waals surface area contributed by atoms with Crippen LogP contribution >= 0.6 is 11.8 Å². The van der Waals surface area contributed by atoms with Crippen LogP contribution in [0.3, 0.4) is 0 Å². The molecule has 1 fully saturated rings. The smallest absolute Gasteiger partial charge is 0.335 e. The van der Waals surface area contributed by atoms with E-state index in [-0.39, 0.29) is 11.5 Å². The zero-order valence-corrected chi connectivity index (χ0v) is 12.4. The Balaban J connectivity index is 1.98. The number of nitrogens with zero attached hydrogens (tertiary/aromatic N) is 1. The highest BCUT2D eigenvalue weighted by atomic mass is 32.2. The number of benzene rings is 1. The number of carboxylic acid groups (broad SMARTS) is 1. The minimum absolute atomic E-state index is 0.143. The summed E-state index contributed by atoms with van der Waals surface area (Å²) in [7, 11) is 0. The molecule has 0 radical (unpaired) electrons. The van der Waals surface area contributed by atoms with Gasteiger partial charge in [0.05, 0.1) is 12.0 Å². The number of aromatic carboxylic acids is 1. The molecule has 0 saturated carbocycles. The van der Waals surface area contributed by atoms with Crippen molar-refractivity contribution in [3.63, 3.8) is 0 Å². The van der Waals surface area contributed by atoms with Gasteiger partial charge in [-0.05, 0) is 36.8 Å². The maximum atomic E-state index is 12.3. The number of likely N-dealkylation sites (tertiary alicyclic amines) is 1. The molecule has 5 heteroatoms. The van der Waals surface area contributed by atoms with Gasteiger partial charge in [-0.2, -0.15) is 11.8 Å². The van der Waals surface area contributed by atoms with Crippen LogP contribution in [0.15, 0.2) is 24.3 Å². The molecule has 2 rings (SSSR count). The summed E-state index contributed by atoms with van der Waals surface area (Å²) in [5.41, 5.74) is 1.12. The summed E-state index contributed by atoms with van der Waals surface area (Å²) in [6.07, 6.45) is 4.58. The average Bonchev–Trinajstić information content (AvgIpc) is 2.88. The summed E-state index contributed by atoms with van der Waals surface area (Å²) in [6.45, 7) is 0.845. The molecule has 0 aliphatic carbocycles. The van der Waals surface area contributed by atoms with Gasteiger partial charge in [-0.1, -0.05) is 12.1 Å². The van der Waals surface area contributed by atoms with Crippen molar-refractivity contribution in [3.8, 4) is 0 Å². The van der Waals surface area contributed by atoms with Crippen LogP contribution in [0.25, 0.3) is 0 Å². The van der Waals surface area contributed by atoms with Gasteiger partial charge in [-0.25, -0.2) is 4.79 Å².